The van der Waals surface area contributed by atoms with Crippen LogP contribution in [0.2, 0.25) is 5.02 Å². The number of ether oxygens (including phenoxy) is 2. The summed E-state index contributed by atoms with van der Waals surface area (Å²) >= 11 is 5.99. The highest BCUT2D eigenvalue weighted by molar-refractivity contribution is 6.30. The third-order valence-corrected chi connectivity index (χ3v) is 6.36. The summed E-state index contributed by atoms with van der Waals surface area (Å²) in [6.07, 6.45) is 4.73. The number of aromatic nitrogens is 1. The molecule has 8 nitrogen and oxygen atoms in total. The van der Waals surface area contributed by atoms with E-state index in [1.807, 2.05) is 0 Å². The molecule has 2 unspecified atom stereocenters. The first kappa shape index (κ1) is 21.8. The molecule has 3 aliphatic rings. The smallest absolute Gasteiger partial charge is 0.336 e. The fraction of sp³-hybridized carbons (Fsp3) is 0.160. The van der Waals surface area contributed by atoms with Crippen molar-refractivity contribution in [3.8, 4) is 0 Å². The van der Waals surface area contributed by atoms with Gasteiger partial charge in [-0.25, -0.2) is 9.59 Å². The maximum absolute atomic E-state index is 13.9. The molecule has 5 rings (SSSR count). The lowest BCUT2D eigenvalue weighted by molar-refractivity contribution is -0.139. The van der Waals surface area contributed by atoms with Crippen molar-refractivity contribution in [3.05, 3.63) is 93.3 Å². The highest BCUT2D eigenvalue weighted by Gasteiger charge is 2.53. The Bertz CT molecular complexity index is 1370. The van der Waals surface area contributed by atoms with E-state index in [2.05, 4.69) is 4.98 Å². The molecule has 0 radical (unpaired) electrons. The molecule has 0 bridgehead atoms. The standard InChI is InChI=1S/C25H17ClN2O6/c1-33-24(31)17-16-10-9-15-20(19-14(23(15)30)4-3-11-27-19)28(16)21(18(17)25(32)34-2)22(29)12-5-7-13(26)8-6-12/h3-11,16,21H,1-2H3. The number of hydrogen-bond donors (Lipinski definition) is 0. The molecular formula is C25H17ClN2O6. The second-order valence-electron chi connectivity index (χ2n) is 7.79. The number of rotatable bonds is 4. The van der Waals surface area contributed by atoms with E-state index in [-0.39, 0.29) is 22.5 Å². The minimum absolute atomic E-state index is 0.0266. The van der Waals surface area contributed by atoms with E-state index in [9.17, 15) is 19.2 Å². The van der Waals surface area contributed by atoms with Crippen molar-refractivity contribution < 1.29 is 28.7 Å². The number of pyridine rings is 1. The zero-order valence-corrected chi connectivity index (χ0v) is 18.8. The van der Waals surface area contributed by atoms with Crippen LogP contribution in [0.5, 0.6) is 0 Å². The molecule has 0 spiro atoms. The number of carbonyl (C=O) groups excluding carboxylic acids is 4. The number of ketones is 2. The molecule has 170 valence electrons. The van der Waals surface area contributed by atoms with Gasteiger partial charge in [-0.15, -0.1) is 0 Å². The summed E-state index contributed by atoms with van der Waals surface area (Å²) in [7, 11) is 2.36. The molecule has 2 aromatic rings. The second-order valence-corrected chi connectivity index (χ2v) is 8.22. The van der Waals surface area contributed by atoms with Crippen LogP contribution in [0.1, 0.15) is 26.4 Å². The van der Waals surface area contributed by atoms with Crippen LogP contribution in [0.15, 0.2) is 71.5 Å². The van der Waals surface area contributed by atoms with Crippen LogP contribution in [0.25, 0.3) is 5.70 Å². The number of halogens is 1. The predicted octanol–water partition coefficient (Wildman–Crippen LogP) is 2.79. The first-order chi connectivity index (χ1) is 16.4. The Morgan fingerprint density at radius 2 is 1.68 bits per heavy atom. The van der Waals surface area contributed by atoms with Crippen LogP contribution in [0, 0.1) is 0 Å². The van der Waals surface area contributed by atoms with Crippen LogP contribution in [0.4, 0.5) is 0 Å². The van der Waals surface area contributed by atoms with Gasteiger partial charge >= 0.3 is 11.9 Å². The van der Waals surface area contributed by atoms with E-state index in [1.165, 1.54) is 32.5 Å². The highest BCUT2D eigenvalue weighted by Crippen LogP contribution is 2.47. The van der Waals surface area contributed by atoms with Crippen LogP contribution in [-0.2, 0) is 19.1 Å². The van der Waals surface area contributed by atoms with Gasteiger partial charge in [0.25, 0.3) is 0 Å². The van der Waals surface area contributed by atoms with Gasteiger partial charge in [-0.1, -0.05) is 23.8 Å². The molecule has 1 aromatic heterocycles. The topological polar surface area (TPSA) is 103 Å². The van der Waals surface area contributed by atoms with Gasteiger partial charge in [0.2, 0.25) is 0 Å². The average Bonchev–Trinajstić information content (AvgIpc) is 3.36. The number of hydrogen-bond acceptors (Lipinski definition) is 8. The van der Waals surface area contributed by atoms with E-state index in [4.69, 9.17) is 21.1 Å². The zero-order chi connectivity index (χ0) is 24.1. The first-order valence-electron chi connectivity index (χ1n) is 10.3. The minimum atomic E-state index is -1.26. The Morgan fingerprint density at radius 3 is 2.35 bits per heavy atom. The fourth-order valence-electron chi connectivity index (χ4n) is 4.66. The van der Waals surface area contributed by atoms with Crippen LogP contribution in [0.3, 0.4) is 0 Å². The average molecular weight is 477 g/mol. The van der Waals surface area contributed by atoms with E-state index < -0.39 is 29.8 Å². The van der Waals surface area contributed by atoms with Crippen molar-refractivity contribution in [1.82, 2.24) is 9.88 Å². The monoisotopic (exact) mass is 476 g/mol. The summed E-state index contributed by atoms with van der Waals surface area (Å²) in [6.45, 7) is 0. The highest BCUT2D eigenvalue weighted by atomic mass is 35.5. The molecule has 3 heterocycles. The zero-order valence-electron chi connectivity index (χ0n) is 18.1. The molecule has 1 aliphatic carbocycles. The number of nitrogens with zero attached hydrogens (tertiary/aromatic N) is 2. The van der Waals surface area contributed by atoms with Crippen molar-refractivity contribution in [1.29, 1.82) is 0 Å². The summed E-state index contributed by atoms with van der Waals surface area (Å²) in [5.41, 5.74) is 1.55. The molecular weight excluding hydrogens is 460 g/mol. The molecule has 2 aliphatic heterocycles. The van der Waals surface area contributed by atoms with Gasteiger partial charge in [0, 0.05) is 22.4 Å². The Morgan fingerprint density at radius 1 is 1.00 bits per heavy atom. The van der Waals surface area contributed by atoms with E-state index >= 15 is 0 Å². The summed E-state index contributed by atoms with van der Waals surface area (Å²) < 4.78 is 9.94. The number of methoxy groups -OCH3 is 2. The van der Waals surface area contributed by atoms with Crippen molar-refractivity contribution >= 4 is 40.8 Å². The maximum Gasteiger partial charge on any atom is 0.336 e. The molecule has 34 heavy (non-hydrogen) atoms. The first-order valence-corrected chi connectivity index (χ1v) is 10.7. The number of fused-ring (bicyclic) bond motifs is 4. The Labute approximate surface area is 199 Å². The molecule has 0 fully saturated rings. The number of benzene rings is 1. The van der Waals surface area contributed by atoms with Gasteiger partial charge in [0.15, 0.2) is 11.6 Å². The number of allylic oxidation sites excluding steroid dienone is 2. The third kappa shape index (κ3) is 3.03. The summed E-state index contributed by atoms with van der Waals surface area (Å²) in [5, 5.41) is 0.435. The lowest BCUT2D eigenvalue weighted by Crippen LogP contribution is -2.44. The summed E-state index contributed by atoms with van der Waals surface area (Å²) in [4.78, 5) is 58.7. The Hall–Kier alpha value is -4.04. The van der Waals surface area contributed by atoms with Gasteiger partial charge in [-0.3, -0.25) is 14.6 Å². The lowest BCUT2D eigenvalue weighted by atomic mass is 9.95. The van der Waals surface area contributed by atoms with Gasteiger partial charge in [0.1, 0.15) is 6.04 Å². The normalized spacial score (nSPS) is 20.2. The quantitative estimate of drug-likeness (QED) is 0.490. The summed E-state index contributed by atoms with van der Waals surface area (Å²) in [6, 6.07) is 7.37. The molecule has 9 heteroatoms. The van der Waals surface area contributed by atoms with Gasteiger partial charge < -0.3 is 14.4 Å². The number of carbonyl (C=O) groups is 4. The van der Waals surface area contributed by atoms with E-state index in [0.29, 0.717) is 27.6 Å². The molecule has 0 N–H and O–H groups in total. The SMILES string of the molecule is COC(=O)C1=C(C(=O)OC)C(C(=O)c2ccc(Cl)cc2)N2C3=C(C=CC12)C(=O)c1cccnc13. The van der Waals surface area contributed by atoms with Crippen LogP contribution >= 0.6 is 11.6 Å². The van der Waals surface area contributed by atoms with Crippen LogP contribution < -0.4 is 0 Å². The lowest BCUT2D eigenvalue weighted by Gasteiger charge is -2.35. The fourth-order valence-corrected chi connectivity index (χ4v) is 4.79. The third-order valence-electron chi connectivity index (χ3n) is 6.10. The summed E-state index contributed by atoms with van der Waals surface area (Å²) in [5.74, 6) is -2.35. The van der Waals surface area contributed by atoms with Crippen molar-refractivity contribution in [2.45, 2.75) is 12.1 Å². The van der Waals surface area contributed by atoms with Gasteiger partial charge in [0.05, 0.1) is 48.4 Å². The molecule has 2 atom stereocenters. The van der Waals surface area contributed by atoms with Crippen molar-refractivity contribution in [2.75, 3.05) is 14.2 Å². The largest absolute Gasteiger partial charge is 0.466 e. The molecule has 0 saturated heterocycles. The maximum atomic E-state index is 13.9. The molecule has 0 saturated carbocycles. The van der Waals surface area contributed by atoms with Gasteiger partial charge in [-0.2, -0.15) is 0 Å². The minimum Gasteiger partial charge on any atom is -0.466 e. The Balaban J connectivity index is 1.76. The van der Waals surface area contributed by atoms with Gasteiger partial charge in [-0.05, 0) is 36.4 Å². The number of esters is 2. The predicted molar refractivity (Wildman–Crippen MR) is 121 cm³/mol. The Kier molecular flexibility index (Phi) is 5.17. The van der Waals surface area contributed by atoms with E-state index in [1.54, 1.807) is 41.3 Å². The molecule has 0 amide bonds. The van der Waals surface area contributed by atoms with Crippen LogP contribution in [-0.4, -0.2) is 59.7 Å². The number of Topliss-reactive ketones (excluding diaryl/α,β-unsaturated/α-hetero) is 2. The molecule has 1 aromatic carbocycles. The van der Waals surface area contributed by atoms with Crippen molar-refractivity contribution in [3.63, 3.8) is 0 Å². The van der Waals surface area contributed by atoms with E-state index in [0.717, 1.165) is 0 Å². The van der Waals surface area contributed by atoms with Crippen molar-refractivity contribution in [2.24, 2.45) is 0 Å². The second kappa shape index (κ2) is 8.07.